The van der Waals surface area contributed by atoms with E-state index < -0.39 is 5.82 Å². The number of rotatable bonds is 4. The Hall–Kier alpha value is -1.82. The SMILES string of the molecule is CC1(C)[C@H]2CC[C@@]1(C)c1nc(SCC(=O)c3ccccc3F)nnc12. The van der Waals surface area contributed by atoms with Crippen molar-refractivity contribution >= 4 is 17.5 Å². The van der Waals surface area contributed by atoms with E-state index in [1.54, 1.807) is 12.1 Å². The predicted molar refractivity (Wildman–Crippen MR) is 94.4 cm³/mol. The van der Waals surface area contributed by atoms with Crippen molar-refractivity contribution in [3.05, 3.63) is 47.0 Å². The molecule has 6 heteroatoms. The van der Waals surface area contributed by atoms with Gasteiger partial charge in [0.25, 0.3) is 0 Å². The standard InChI is InChI=1S/C19H20FN3OS/c1-18(2)12-8-9-19(18,3)16-15(12)22-23-17(21-16)25-10-14(24)11-6-4-5-7-13(11)20/h4-7,12H,8-10H2,1-3H3/t12-,19-/m0/s1. The van der Waals surface area contributed by atoms with Crippen LogP contribution in [0.25, 0.3) is 0 Å². The Balaban J connectivity index is 1.55. The Bertz CT molecular complexity index is 869. The molecule has 2 aliphatic rings. The van der Waals surface area contributed by atoms with Gasteiger partial charge in [-0.25, -0.2) is 9.37 Å². The molecule has 1 fully saturated rings. The molecule has 0 unspecified atom stereocenters. The van der Waals surface area contributed by atoms with Gasteiger partial charge in [-0.1, -0.05) is 44.7 Å². The molecule has 1 heterocycles. The summed E-state index contributed by atoms with van der Waals surface area (Å²) in [5.74, 6) is -0.246. The zero-order valence-electron chi connectivity index (χ0n) is 14.5. The van der Waals surface area contributed by atoms with E-state index in [-0.39, 0.29) is 27.9 Å². The summed E-state index contributed by atoms with van der Waals surface area (Å²) in [6.45, 7) is 6.82. The van der Waals surface area contributed by atoms with Crippen molar-refractivity contribution in [1.82, 2.24) is 15.2 Å². The number of halogens is 1. The third-order valence-electron chi connectivity index (χ3n) is 6.28. The topological polar surface area (TPSA) is 55.7 Å². The quantitative estimate of drug-likeness (QED) is 0.607. The molecule has 25 heavy (non-hydrogen) atoms. The van der Waals surface area contributed by atoms with Gasteiger partial charge in [0.1, 0.15) is 5.82 Å². The third-order valence-corrected chi connectivity index (χ3v) is 7.12. The maximum atomic E-state index is 13.7. The highest BCUT2D eigenvalue weighted by Crippen LogP contribution is 2.66. The van der Waals surface area contributed by atoms with E-state index in [4.69, 9.17) is 4.98 Å². The van der Waals surface area contributed by atoms with Crippen LogP contribution in [0, 0.1) is 11.2 Å². The van der Waals surface area contributed by atoms with E-state index >= 15 is 0 Å². The average molecular weight is 357 g/mol. The number of hydrogen-bond donors (Lipinski definition) is 0. The minimum atomic E-state index is -0.493. The Labute approximate surface area is 150 Å². The van der Waals surface area contributed by atoms with Crippen LogP contribution in [0.2, 0.25) is 0 Å². The number of nitrogens with zero attached hydrogens (tertiary/aromatic N) is 3. The van der Waals surface area contributed by atoms with Gasteiger partial charge in [-0.15, -0.1) is 5.10 Å². The Morgan fingerprint density at radius 3 is 2.80 bits per heavy atom. The van der Waals surface area contributed by atoms with Crippen LogP contribution in [0.4, 0.5) is 4.39 Å². The summed E-state index contributed by atoms with van der Waals surface area (Å²) < 4.78 is 13.7. The van der Waals surface area contributed by atoms with Crippen LogP contribution in [0.3, 0.4) is 0 Å². The molecule has 0 spiro atoms. The summed E-state index contributed by atoms with van der Waals surface area (Å²) in [4.78, 5) is 17.0. The van der Waals surface area contributed by atoms with Gasteiger partial charge >= 0.3 is 0 Å². The minimum absolute atomic E-state index is 0.00774. The number of hydrogen-bond acceptors (Lipinski definition) is 5. The number of benzene rings is 1. The molecule has 0 saturated heterocycles. The fourth-order valence-corrected chi connectivity index (χ4v) is 4.99. The van der Waals surface area contributed by atoms with E-state index in [9.17, 15) is 9.18 Å². The first kappa shape index (κ1) is 16.6. The summed E-state index contributed by atoms with van der Waals surface area (Å²) in [5.41, 5.74) is 2.29. The minimum Gasteiger partial charge on any atom is -0.293 e. The van der Waals surface area contributed by atoms with Gasteiger partial charge in [0.15, 0.2) is 5.78 Å². The van der Waals surface area contributed by atoms with Gasteiger partial charge in [-0.3, -0.25) is 4.79 Å². The van der Waals surface area contributed by atoms with E-state index in [1.165, 1.54) is 23.9 Å². The molecule has 1 saturated carbocycles. The molecule has 0 N–H and O–H groups in total. The summed E-state index contributed by atoms with van der Waals surface area (Å²) >= 11 is 1.22. The molecule has 2 aliphatic carbocycles. The van der Waals surface area contributed by atoms with Crippen molar-refractivity contribution < 1.29 is 9.18 Å². The molecular formula is C19H20FN3OS. The maximum Gasteiger partial charge on any atom is 0.209 e. The van der Waals surface area contributed by atoms with Crippen molar-refractivity contribution in [2.45, 2.75) is 50.1 Å². The van der Waals surface area contributed by atoms with E-state index in [1.807, 2.05) is 0 Å². The number of fused-ring (bicyclic) bond motifs is 5. The van der Waals surface area contributed by atoms with Crippen LogP contribution in [0.1, 0.15) is 61.3 Å². The van der Waals surface area contributed by atoms with Gasteiger partial charge < -0.3 is 0 Å². The maximum absolute atomic E-state index is 13.7. The predicted octanol–water partition coefficient (Wildman–Crippen LogP) is 4.16. The normalized spacial score (nSPS) is 25.8. The third kappa shape index (κ3) is 2.34. The summed E-state index contributed by atoms with van der Waals surface area (Å²) in [7, 11) is 0. The lowest BCUT2D eigenvalue weighted by Gasteiger charge is -2.33. The highest BCUT2D eigenvalue weighted by atomic mass is 32.2. The molecule has 2 aromatic rings. The average Bonchev–Trinajstić information content (AvgIpc) is 2.92. The number of carbonyl (C=O) groups excluding carboxylic acids is 1. The molecule has 1 aromatic heterocycles. The number of carbonyl (C=O) groups is 1. The smallest absolute Gasteiger partial charge is 0.209 e. The molecule has 1 aromatic carbocycles. The Morgan fingerprint density at radius 1 is 1.28 bits per heavy atom. The van der Waals surface area contributed by atoms with Crippen LogP contribution in [0.5, 0.6) is 0 Å². The van der Waals surface area contributed by atoms with Crippen molar-refractivity contribution in [2.24, 2.45) is 5.41 Å². The van der Waals surface area contributed by atoms with Crippen molar-refractivity contribution in [3.8, 4) is 0 Å². The molecule has 0 amide bonds. The number of ketones is 1. The Kier molecular flexibility index (Phi) is 3.72. The van der Waals surface area contributed by atoms with Gasteiger partial charge in [0.05, 0.1) is 22.7 Å². The highest BCUT2D eigenvalue weighted by Gasteiger charge is 2.61. The van der Waals surface area contributed by atoms with E-state index in [2.05, 4.69) is 31.0 Å². The van der Waals surface area contributed by atoms with E-state index in [0.29, 0.717) is 11.1 Å². The fraction of sp³-hybridized carbons (Fsp3) is 0.474. The van der Waals surface area contributed by atoms with E-state index in [0.717, 1.165) is 24.2 Å². The molecule has 2 atom stereocenters. The second-order valence-electron chi connectivity index (χ2n) is 7.66. The van der Waals surface area contributed by atoms with Gasteiger partial charge in [-0.2, -0.15) is 5.10 Å². The molecule has 130 valence electrons. The van der Waals surface area contributed by atoms with Crippen molar-refractivity contribution in [3.63, 3.8) is 0 Å². The molecule has 4 nitrogen and oxygen atoms in total. The first-order valence-corrected chi connectivity index (χ1v) is 9.49. The van der Waals surface area contributed by atoms with Crippen LogP contribution in [0.15, 0.2) is 29.4 Å². The van der Waals surface area contributed by atoms with Crippen molar-refractivity contribution in [1.29, 1.82) is 0 Å². The molecular weight excluding hydrogens is 337 g/mol. The lowest BCUT2D eigenvalue weighted by atomic mass is 9.70. The highest BCUT2D eigenvalue weighted by molar-refractivity contribution is 7.99. The molecule has 0 radical (unpaired) electrons. The van der Waals surface area contributed by atoms with Crippen LogP contribution in [-0.4, -0.2) is 26.7 Å². The monoisotopic (exact) mass is 357 g/mol. The first-order chi connectivity index (χ1) is 11.8. The largest absolute Gasteiger partial charge is 0.293 e. The second kappa shape index (κ2) is 5.59. The second-order valence-corrected chi connectivity index (χ2v) is 8.61. The van der Waals surface area contributed by atoms with Crippen LogP contribution in [-0.2, 0) is 5.41 Å². The number of thioether (sulfide) groups is 1. The summed E-state index contributed by atoms with van der Waals surface area (Å²) in [6, 6.07) is 6.03. The molecule has 4 rings (SSSR count). The zero-order valence-corrected chi connectivity index (χ0v) is 15.4. The number of Topliss-reactive ketones (excluding diaryl/α,β-unsaturated/α-hetero) is 1. The van der Waals surface area contributed by atoms with Gasteiger partial charge in [0.2, 0.25) is 5.16 Å². The molecule has 0 aliphatic heterocycles. The lowest BCUT2D eigenvalue weighted by molar-refractivity contribution is 0.101. The summed E-state index contributed by atoms with van der Waals surface area (Å²) in [5, 5.41) is 9.14. The zero-order chi connectivity index (χ0) is 17.8. The lowest BCUT2D eigenvalue weighted by Crippen LogP contribution is -2.32. The Morgan fingerprint density at radius 2 is 2.04 bits per heavy atom. The fourth-order valence-electron chi connectivity index (χ4n) is 4.32. The first-order valence-electron chi connectivity index (χ1n) is 8.50. The van der Waals surface area contributed by atoms with Gasteiger partial charge in [-0.05, 0) is 30.4 Å². The van der Waals surface area contributed by atoms with Gasteiger partial charge in [0, 0.05) is 11.3 Å². The molecule has 2 bridgehead atoms. The summed E-state index contributed by atoms with van der Waals surface area (Å²) in [6.07, 6.45) is 2.24. The van der Waals surface area contributed by atoms with Crippen LogP contribution < -0.4 is 0 Å². The van der Waals surface area contributed by atoms with Crippen molar-refractivity contribution in [2.75, 3.05) is 5.75 Å². The van der Waals surface area contributed by atoms with Crippen LogP contribution >= 0.6 is 11.8 Å². The number of aromatic nitrogens is 3.